The van der Waals surface area contributed by atoms with Crippen LogP contribution in [0.3, 0.4) is 0 Å². The van der Waals surface area contributed by atoms with Crippen molar-refractivity contribution >= 4 is 17.9 Å². The van der Waals surface area contributed by atoms with Crippen LogP contribution in [0.15, 0.2) is 36.5 Å². The number of aromatic nitrogens is 2. The van der Waals surface area contributed by atoms with E-state index in [9.17, 15) is 4.79 Å². The number of nitrogens with zero attached hydrogens (tertiary/aromatic N) is 2. The Morgan fingerprint density at radius 1 is 1.33 bits per heavy atom. The Hall–Kier alpha value is -2.43. The number of benzene rings is 1. The molecule has 0 saturated carbocycles. The van der Waals surface area contributed by atoms with Gasteiger partial charge in [0.25, 0.3) is 0 Å². The Kier molecular flexibility index (Phi) is 3.86. The van der Waals surface area contributed by atoms with Crippen molar-refractivity contribution in [3.8, 4) is 5.75 Å². The van der Waals surface area contributed by atoms with Crippen molar-refractivity contribution in [2.24, 2.45) is 0 Å². The molecule has 0 radical (unpaired) electrons. The molecule has 1 aromatic carbocycles. The van der Waals surface area contributed by atoms with E-state index < -0.39 is 0 Å². The molecule has 5 heteroatoms. The van der Waals surface area contributed by atoms with Crippen molar-refractivity contribution in [1.82, 2.24) is 9.97 Å². The highest BCUT2D eigenvalue weighted by atomic mass is 16.5. The minimum Gasteiger partial charge on any atom is -0.492 e. The molecule has 0 aliphatic carbocycles. The molecule has 1 aromatic heterocycles. The maximum atomic E-state index is 10.6. The lowest BCUT2D eigenvalue weighted by Gasteiger charge is -2.10. The first-order chi connectivity index (χ1) is 8.83. The molecular weight excluding hydrogens is 230 g/mol. The molecule has 0 spiro atoms. The molecule has 0 saturated heterocycles. The number of anilines is 2. The smallest absolute Gasteiger partial charge is 0.227 e. The second kappa shape index (κ2) is 5.77. The minimum absolute atomic E-state index is 0.335. The average molecular weight is 243 g/mol. The third-order valence-corrected chi connectivity index (χ3v) is 2.23. The predicted molar refractivity (Wildman–Crippen MR) is 68.3 cm³/mol. The molecule has 1 heterocycles. The summed E-state index contributed by atoms with van der Waals surface area (Å²) < 4.78 is 5.48. The summed E-state index contributed by atoms with van der Waals surface area (Å²) in [6.45, 7) is 2.49. The number of hydrogen-bond donors (Lipinski definition) is 1. The van der Waals surface area contributed by atoms with Crippen molar-refractivity contribution in [2.45, 2.75) is 6.92 Å². The number of nitrogens with one attached hydrogen (secondary N) is 1. The van der Waals surface area contributed by atoms with Gasteiger partial charge in [0, 0.05) is 6.20 Å². The van der Waals surface area contributed by atoms with Gasteiger partial charge in [-0.3, -0.25) is 4.79 Å². The standard InChI is InChI=1S/C13H13N3O2/c1-2-18-12-6-4-3-5-11(12)16-13-14-8-7-10(9-17)15-13/h3-9H,2H2,1H3,(H,14,15,16). The van der Waals surface area contributed by atoms with Crippen molar-refractivity contribution in [3.05, 3.63) is 42.2 Å². The lowest BCUT2D eigenvalue weighted by molar-refractivity contribution is 0.111. The first-order valence-electron chi connectivity index (χ1n) is 5.60. The molecule has 2 aromatic rings. The fourth-order valence-electron chi connectivity index (χ4n) is 1.47. The normalized spacial score (nSPS) is 9.83. The van der Waals surface area contributed by atoms with Crippen LogP contribution in [-0.2, 0) is 0 Å². The lowest BCUT2D eigenvalue weighted by atomic mass is 10.3. The quantitative estimate of drug-likeness (QED) is 0.817. The van der Waals surface area contributed by atoms with Crippen molar-refractivity contribution in [3.63, 3.8) is 0 Å². The summed E-state index contributed by atoms with van der Waals surface area (Å²) in [6, 6.07) is 9.04. The molecule has 5 nitrogen and oxygen atoms in total. The van der Waals surface area contributed by atoms with Gasteiger partial charge in [-0.15, -0.1) is 0 Å². The van der Waals surface area contributed by atoms with Crippen LogP contribution in [0.4, 0.5) is 11.6 Å². The second-order valence-electron chi connectivity index (χ2n) is 3.48. The van der Waals surface area contributed by atoms with Gasteiger partial charge in [-0.2, -0.15) is 0 Å². The maximum absolute atomic E-state index is 10.6. The van der Waals surface area contributed by atoms with E-state index in [1.54, 1.807) is 6.07 Å². The van der Waals surface area contributed by atoms with Crippen molar-refractivity contribution in [1.29, 1.82) is 0 Å². The third-order valence-electron chi connectivity index (χ3n) is 2.23. The van der Waals surface area contributed by atoms with Crippen LogP contribution in [0.1, 0.15) is 17.4 Å². The number of hydrogen-bond acceptors (Lipinski definition) is 5. The van der Waals surface area contributed by atoms with E-state index in [1.807, 2.05) is 31.2 Å². The Labute approximate surface area is 105 Å². The van der Waals surface area contributed by atoms with Crippen LogP contribution < -0.4 is 10.1 Å². The predicted octanol–water partition coefficient (Wildman–Crippen LogP) is 2.43. The molecule has 1 N–H and O–H groups in total. The van der Waals surface area contributed by atoms with E-state index in [2.05, 4.69) is 15.3 Å². The highest BCUT2D eigenvalue weighted by Crippen LogP contribution is 2.25. The fraction of sp³-hybridized carbons (Fsp3) is 0.154. The van der Waals surface area contributed by atoms with Crippen LogP contribution in [-0.4, -0.2) is 22.9 Å². The zero-order valence-corrected chi connectivity index (χ0v) is 9.96. The second-order valence-corrected chi connectivity index (χ2v) is 3.48. The summed E-state index contributed by atoms with van der Waals surface area (Å²) in [5.74, 6) is 1.09. The number of para-hydroxylation sites is 2. The minimum atomic E-state index is 0.335. The number of ether oxygens (including phenoxy) is 1. The molecule has 0 unspecified atom stereocenters. The molecule has 92 valence electrons. The van der Waals surface area contributed by atoms with Crippen molar-refractivity contribution in [2.75, 3.05) is 11.9 Å². The molecule has 0 atom stereocenters. The van der Waals surface area contributed by atoms with Crippen LogP contribution in [0.5, 0.6) is 5.75 Å². The average Bonchev–Trinajstić information content (AvgIpc) is 2.41. The molecule has 2 rings (SSSR count). The van der Waals surface area contributed by atoms with E-state index in [0.717, 1.165) is 11.4 Å². The highest BCUT2D eigenvalue weighted by Gasteiger charge is 2.04. The molecule has 18 heavy (non-hydrogen) atoms. The van der Waals surface area contributed by atoms with Gasteiger partial charge in [-0.25, -0.2) is 9.97 Å². The van der Waals surface area contributed by atoms with E-state index in [-0.39, 0.29) is 0 Å². The van der Waals surface area contributed by atoms with Gasteiger partial charge in [0.15, 0.2) is 6.29 Å². The Bertz CT molecular complexity index is 543. The van der Waals surface area contributed by atoms with E-state index in [1.165, 1.54) is 6.20 Å². The van der Waals surface area contributed by atoms with Crippen molar-refractivity contribution < 1.29 is 9.53 Å². The third kappa shape index (κ3) is 2.82. The van der Waals surface area contributed by atoms with Gasteiger partial charge in [0.2, 0.25) is 5.95 Å². The highest BCUT2D eigenvalue weighted by molar-refractivity contribution is 5.72. The van der Waals surface area contributed by atoms with Gasteiger partial charge in [0.05, 0.1) is 12.3 Å². The van der Waals surface area contributed by atoms with E-state index in [0.29, 0.717) is 24.5 Å². The Balaban J connectivity index is 2.24. The van der Waals surface area contributed by atoms with Gasteiger partial charge in [-0.1, -0.05) is 12.1 Å². The molecule has 0 fully saturated rings. The summed E-state index contributed by atoms with van der Waals surface area (Å²) in [4.78, 5) is 18.7. The zero-order valence-electron chi connectivity index (χ0n) is 9.96. The molecule has 0 amide bonds. The number of carbonyl (C=O) groups excluding carboxylic acids is 1. The summed E-state index contributed by atoms with van der Waals surface area (Å²) in [6.07, 6.45) is 2.21. The summed E-state index contributed by atoms with van der Waals surface area (Å²) in [5, 5.41) is 3.03. The van der Waals surface area contributed by atoms with Crippen LogP contribution in [0.2, 0.25) is 0 Å². The summed E-state index contributed by atoms with van der Waals surface area (Å²) in [5.41, 5.74) is 1.10. The van der Waals surface area contributed by atoms with Crippen LogP contribution in [0, 0.1) is 0 Å². The topological polar surface area (TPSA) is 64.1 Å². The van der Waals surface area contributed by atoms with E-state index in [4.69, 9.17) is 4.74 Å². The fourth-order valence-corrected chi connectivity index (χ4v) is 1.47. The number of carbonyl (C=O) groups is 1. The molecule has 0 bridgehead atoms. The van der Waals surface area contributed by atoms with Crippen LogP contribution in [0.25, 0.3) is 0 Å². The maximum Gasteiger partial charge on any atom is 0.227 e. The molecular formula is C13H13N3O2. The monoisotopic (exact) mass is 243 g/mol. The van der Waals surface area contributed by atoms with Gasteiger partial charge >= 0.3 is 0 Å². The lowest BCUT2D eigenvalue weighted by Crippen LogP contribution is -2.01. The Morgan fingerprint density at radius 2 is 2.17 bits per heavy atom. The van der Waals surface area contributed by atoms with E-state index >= 15 is 0 Å². The summed E-state index contributed by atoms with van der Waals surface area (Å²) in [7, 11) is 0. The van der Waals surface area contributed by atoms with Gasteiger partial charge in [0.1, 0.15) is 11.4 Å². The number of rotatable bonds is 5. The Morgan fingerprint density at radius 3 is 2.94 bits per heavy atom. The SMILES string of the molecule is CCOc1ccccc1Nc1nccc(C=O)n1. The largest absolute Gasteiger partial charge is 0.492 e. The summed E-state index contributed by atoms with van der Waals surface area (Å²) >= 11 is 0. The first-order valence-corrected chi connectivity index (χ1v) is 5.60. The molecule has 0 aliphatic rings. The molecule has 0 aliphatic heterocycles. The van der Waals surface area contributed by atoms with Gasteiger partial charge < -0.3 is 10.1 Å². The first kappa shape index (κ1) is 12.0. The van der Waals surface area contributed by atoms with Crippen LogP contribution >= 0.6 is 0 Å². The zero-order chi connectivity index (χ0) is 12.8. The van der Waals surface area contributed by atoms with Gasteiger partial charge in [-0.05, 0) is 25.1 Å². The number of aldehydes is 1.